The number of nitrogens with zero attached hydrogens (tertiary/aromatic N) is 8. The summed E-state index contributed by atoms with van der Waals surface area (Å²) in [7, 11) is 0. The minimum Gasteiger partial charge on any atom is -0.378 e. The fourth-order valence-electron chi connectivity index (χ4n) is 4.05. The summed E-state index contributed by atoms with van der Waals surface area (Å²) in [5.41, 5.74) is 5.39. The van der Waals surface area contributed by atoms with Crippen LogP contribution in [0.4, 0.5) is 5.82 Å². The predicted octanol–water partition coefficient (Wildman–Crippen LogP) is 3.18. The largest absolute Gasteiger partial charge is 0.378 e. The zero-order valence-electron chi connectivity index (χ0n) is 18.2. The SMILES string of the molecule is Cc1cc(-c2ccn(-c3cc(N4CCOCC4)n4nc(-c5cccnc5)cc4n3)n2)ccn1. The Kier molecular flexibility index (Phi) is 4.80. The van der Waals surface area contributed by atoms with Gasteiger partial charge in [-0.2, -0.15) is 14.7 Å². The molecule has 1 fully saturated rings. The molecule has 6 rings (SSSR count). The first kappa shape index (κ1) is 19.6. The van der Waals surface area contributed by atoms with Crippen LogP contribution in [0.3, 0.4) is 0 Å². The van der Waals surface area contributed by atoms with E-state index in [1.54, 1.807) is 12.4 Å². The van der Waals surface area contributed by atoms with Crippen LogP contribution in [0.5, 0.6) is 0 Å². The lowest BCUT2D eigenvalue weighted by atomic mass is 10.2. The van der Waals surface area contributed by atoms with Gasteiger partial charge >= 0.3 is 0 Å². The van der Waals surface area contributed by atoms with E-state index in [1.165, 1.54) is 0 Å². The predicted molar refractivity (Wildman–Crippen MR) is 124 cm³/mol. The first-order chi connectivity index (χ1) is 16.2. The second-order valence-corrected chi connectivity index (χ2v) is 7.94. The molecule has 0 saturated carbocycles. The molecule has 6 heterocycles. The van der Waals surface area contributed by atoms with Crippen LogP contribution in [0.1, 0.15) is 5.69 Å². The highest BCUT2D eigenvalue weighted by Gasteiger charge is 2.19. The number of ether oxygens (including phenoxy) is 1. The quantitative estimate of drug-likeness (QED) is 0.426. The molecule has 1 aliphatic heterocycles. The fourth-order valence-corrected chi connectivity index (χ4v) is 4.05. The summed E-state index contributed by atoms with van der Waals surface area (Å²) in [4.78, 5) is 15.7. The van der Waals surface area contributed by atoms with E-state index in [1.807, 2.05) is 71.0 Å². The van der Waals surface area contributed by atoms with Crippen LogP contribution in [0.2, 0.25) is 0 Å². The monoisotopic (exact) mass is 438 g/mol. The Morgan fingerprint density at radius 1 is 0.909 bits per heavy atom. The summed E-state index contributed by atoms with van der Waals surface area (Å²) in [6.07, 6.45) is 7.31. The molecule has 0 aromatic carbocycles. The first-order valence-electron chi connectivity index (χ1n) is 10.9. The van der Waals surface area contributed by atoms with Crippen LogP contribution in [0, 0.1) is 6.92 Å². The number of hydrogen-bond donors (Lipinski definition) is 0. The van der Waals surface area contributed by atoms with E-state index < -0.39 is 0 Å². The second-order valence-electron chi connectivity index (χ2n) is 7.94. The second kappa shape index (κ2) is 8.10. The van der Waals surface area contributed by atoms with Crippen LogP contribution >= 0.6 is 0 Å². The van der Waals surface area contributed by atoms with E-state index in [4.69, 9.17) is 19.9 Å². The molecule has 0 spiro atoms. The van der Waals surface area contributed by atoms with E-state index in [9.17, 15) is 0 Å². The molecule has 1 aliphatic rings. The molecule has 0 bridgehead atoms. The molecule has 0 radical (unpaired) electrons. The summed E-state index contributed by atoms with van der Waals surface area (Å²) >= 11 is 0. The molecule has 9 nitrogen and oxygen atoms in total. The Bertz CT molecular complexity index is 1420. The van der Waals surface area contributed by atoms with Crippen LogP contribution in [0.25, 0.3) is 34.0 Å². The minimum absolute atomic E-state index is 0.684. The maximum absolute atomic E-state index is 5.57. The molecule has 0 amide bonds. The standard InChI is InChI=1S/C24H22N8O/c1-17-13-18(4-7-26-17)20-5-8-31(28-20)22-15-24(30-9-11-33-12-10-30)32-23(27-22)14-21(29-32)19-3-2-6-25-16-19/h2-8,13-16H,9-12H2,1H3. The maximum Gasteiger partial charge on any atom is 0.160 e. The van der Waals surface area contributed by atoms with Gasteiger partial charge in [-0.1, -0.05) is 0 Å². The third-order valence-electron chi connectivity index (χ3n) is 5.70. The molecule has 5 aromatic heterocycles. The zero-order chi connectivity index (χ0) is 22.2. The molecular weight excluding hydrogens is 416 g/mol. The Balaban J connectivity index is 1.47. The van der Waals surface area contributed by atoms with Crippen molar-refractivity contribution in [1.82, 2.24) is 34.3 Å². The molecule has 0 N–H and O–H groups in total. The van der Waals surface area contributed by atoms with Gasteiger partial charge in [0.15, 0.2) is 11.5 Å². The number of fused-ring (bicyclic) bond motifs is 1. The highest BCUT2D eigenvalue weighted by Crippen LogP contribution is 2.26. The van der Waals surface area contributed by atoms with E-state index in [-0.39, 0.29) is 0 Å². The van der Waals surface area contributed by atoms with Crippen molar-refractivity contribution in [2.24, 2.45) is 0 Å². The lowest BCUT2D eigenvalue weighted by Crippen LogP contribution is -2.37. The van der Waals surface area contributed by atoms with Crippen LogP contribution in [-0.2, 0) is 4.74 Å². The van der Waals surface area contributed by atoms with Gasteiger partial charge in [0.2, 0.25) is 0 Å². The van der Waals surface area contributed by atoms with Crippen molar-refractivity contribution in [3.05, 3.63) is 72.9 Å². The first-order valence-corrected chi connectivity index (χ1v) is 10.9. The summed E-state index contributed by atoms with van der Waals surface area (Å²) in [6, 6.07) is 13.9. The maximum atomic E-state index is 5.57. The number of rotatable bonds is 4. The minimum atomic E-state index is 0.684. The average molecular weight is 438 g/mol. The number of aryl methyl sites for hydroxylation is 1. The molecule has 0 atom stereocenters. The van der Waals surface area contributed by atoms with Gasteiger partial charge in [0, 0.05) is 66.8 Å². The van der Waals surface area contributed by atoms with Crippen molar-refractivity contribution >= 4 is 11.5 Å². The van der Waals surface area contributed by atoms with Crippen molar-refractivity contribution in [2.45, 2.75) is 6.92 Å². The van der Waals surface area contributed by atoms with Gasteiger partial charge < -0.3 is 9.64 Å². The van der Waals surface area contributed by atoms with E-state index in [0.29, 0.717) is 13.2 Å². The molecule has 9 heteroatoms. The number of morpholine rings is 1. The van der Waals surface area contributed by atoms with E-state index in [2.05, 4.69) is 14.9 Å². The van der Waals surface area contributed by atoms with Crippen molar-refractivity contribution in [1.29, 1.82) is 0 Å². The summed E-state index contributed by atoms with van der Waals surface area (Å²) in [5.74, 6) is 1.70. The van der Waals surface area contributed by atoms with Gasteiger partial charge in [-0.15, -0.1) is 0 Å². The number of anilines is 1. The van der Waals surface area contributed by atoms with Gasteiger partial charge in [0.25, 0.3) is 0 Å². The topological polar surface area (TPSA) is 86.3 Å². The molecular formula is C24H22N8O. The van der Waals surface area contributed by atoms with Crippen molar-refractivity contribution < 1.29 is 4.74 Å². The Labute approximate surface area is 190 Å². The van der Waals surface area contributed by atoms with E-state index in [0.717, 1.165) is 58.6 Å². The number of hydrogen-bond acceptors (Lipinski definition) is 7. The molecule has 33 heavy (non-hydrogen) atoms. The van der Waals surface area contributed by atoms with Gasteiger partial charge in [-0.3, -0.25) is 9.97 Å². The van der Waals surface area contributed by atoms with Gasteiger partial charge in [-0.25, -0.2) is 9.67 Å². The fraction of sp³-hybridized carbons (Fsp3) is 0.208. The summed E-state index contributed by atoms with van der Waals surface area (Å²) in [6.45, 7) is 4.93. The van der Waals surface area contributed by atoms with Crippen molar-refractivity contribution in [2.75, 3.05) is 31.2 Å². The van der Waals surface area contributed by atoms with Crippen LogP contribution in [-0.4, -0.2) is 60.6 Å². The van der Waals surface area contributed by atoms with Crippen LogP contribution in [0.15, 0.2) is 67.3 Å². The molecule has 1 saturated heterocycles. The lowest BCUT2D eigenvalue weighted by Gasteiger charge is -2.29. The summed E-state index contributed by atoms with van der Waals surface area (Å²) < 4.78 is 9.27. The zero-order valence-corrected chi connectivity index (χ0v) is 18.2. The number of pyridine rings is 2. The third kappa shape index (κ3) is 3.72. The smallest absolute Gasteiger partial charge is 0.160 e. The average Bonchev–Trinajstić information content (AvgIpc) is 3.52. The van der Waals surface area contributed by atoms with Gasteiger partial charge in [0.05, 0.1) is 24.6 Å². The molecule has 5 aromatic rings. The Morgan fingerprint density at radius 2 is 1.82 bits per heavy atom. The Morgan fingerprint density at radius 3 is 2.64 bits per heavy atom. The highest BCUT2D eigenvalue weighted by molar-refractivity contribution is 5.66. The third-order valence-corrected chi connectivity index (χ3v) is 5.70. The Hall–Kier alpha value is -4.11. The van der Waals surface area contributed by atoms with Crippen molar-refractivity contribution in [3.8, 4) is 28.3 Å². The van der Waals surface area contributed by atoms with E-state index >= 15 is 0 Å². The lowest BCUT2D eigenvalue weighted by molar-refractivity contribution is 0.122. The molecule has 0 unspecified atom stereocenters. The highest BCUT2D eigenvalue weighted by atomic mass is 16.5. The van der Waals surface area contributed by atoms with Gasteiger partial charge in [-0.05, 0) is 37.3 Å². The van der Waals surface area contributed by atoms with Gasteiger partial charge in [0.1, 0.15) is 5.82 Å². The van der Waals surface area contributed by atoms with Crippen LogP contribution < -0.4 is 4.90 Å². The molecule has 0 aliphatic carbocycles. The van der Waals surface area contributed by atoms with Crippen molar-refractivity contribution in [3.63, 3.8) is 0 Å². The summed E-state index contributed by atoms with van der Waals surface area (Å²) in [5, 5.41) is 9.64. The normalized spacial score (nSPS) is 14.2. The molecule has 164 valence electrons. The number of aromatic nitrogens is 7.